The second-order valence-corrected chi connectivity index (χ2v) is 8.03. The van der Waals surface area contributed by atoms with E-state index in [0.717, 1.165) is 23.9 Å². The predicted molar refractivity (Wildman–Crippen MR) is 119 cm³/mol. The molecule has 4 aromatic rings. The fourth-order valence-electron chi connectivity index (χ4n) is 3.40. The standard InChI is InChI=1S/C22H19F2N5O2S/c1-3-10-28-20(31)15-6-4-5-7-18(15)29-21(28)26-27-22(29)32-12-19(30)25-13(2)14-8-9-16(23)17(24)11-14/h3-9,11,13H,1,10,12H2,2H3,(H,25,30). The molecular formula is C22H19F2N5O2S. The first-order valence-corrected chi connectivity index (χ1v) is 10.7. The minimum Gasteiger partial charge on any atom is -0.349 e. The van der Waals surface area contributed by atoms with E-state index >= 15 is 0 Å². The summed E-state index contributed by atoms with van der Waals surface area (Å²) in [5, 5.41) is 12.0. The molecule has 4 rings (SSSR count). The number of hydrogen-bond acceptors (Lipinski definition) is 5. The van der Waals surface area contributed by atoms with Crippen LogP contribution >= 0.6 is 11.8 Å². The van der Waals surface area contributed by atoms with Crippen LogP contribution in [0.3, 0.4) is 0 Å². The van der Waals surface area contributed by atoms with Crippen molar-refractivity contribution in [2.45, 2.75) is 24.7 Å². The van der Waals surface area contributed by atoms with Crippen LogP contribution in [0.15, 0.2) is 65.1 Å². The van der Waals surface area contributed by atoms with Crippen molar-refractivity contribution < 1.29 is 13.6 Å². The normalized spacial score (nSPS) is 12.2. The molecule has 0 aliphatic heterocycles. The minimum absolute atomic E-state index is 0.0176. The van der Waals surface area contributed by atoms with Crippen LogP contribution in [0.1, 0.15) is 18.5 Å². The molecule has 0 aliphatic rings. The van der Waals surface area contributed by atoms with Crippen molar-refractivity contribution in [2.75, 3.05) is 5.75 Å². The fourth-order valence-corrected chi connectivity index (χ4v) is 4.15. The first-order chi connectivity index (χ1) is 15.4. The van der Waals surface area contributed by atoms with Crippen LogP contribution in [0.4, 0.5) is 8.78 Å². The van der Waals surface area contributed by atoms with Gasteiger partial charge in [0, 0.05) is 6.54 Å². The average molecular weight is 455 g/mol. The summed E-state index contributed by atoms with van der Waals surface area (Å²) < 4.78 is 29.8. The molecule has 10 heteroatoms. The third-order valence-corrected chi connectivity index (χ3v) is 5.87. The maximum absolute atomic E-state index is 13.5. The number of amides is 1. The molecule has 164 valence electrons. The van der Waals surface area contributed by atoms with Crippen LogP contribution in [-0.4, -0.2) is 30.8 Å². The van der Waals surface area contributed by atoms with Crippen molar-refractivity contribution in [1.29, 1.82) is 0 Å². The largest absolute Gasteiger partial charge is 0.349 e. The number of nitrogens with one attached hydrogen (secondary N) is 1. The Morgan fingerprint density at radius 2 is 2.00 bits per heavy atom. The molecule has 0 aliphatic carbocycles. The maximum atomic E-state index is 13.5. The van der Waals surface area contributed by atoms with Crippen molar-refractivity contribution in [3.8, 4) is 0 Å². The Morgan fingerprint density at radius 1 is 1.22 bits per heavy atom. The molecule has 7 nitrogen and oxygen atoms in total. The van der Waals surface area contributed by atoms with Gasteiger partial charge in [0.25, 0.3) is 5.56 Å². The van der Waals surface area contributed by atoms with Gasteiger partial charge < -0.3 is 5.32 Å². The van der Waals surface area contributed by atoms with Gasteiger partial charge in [-0.3, -0.25) is 18.6 Å². The molecule has 2 aromatic heterocycles. The van der Waals surface area contributed by atoms with Crippen molar-refractivity contribution >= 4 is 34.3 Å². The summed E-state index contributed by atoms with van der Waals surface area (Å²) in [7, 11) is 0. The van der Waals surface area contributed by atoms with Crippen molar-refractivity contribution in [1.82, 2.24) is 24.5 Å². The number of para-hydroxylation sites is 1. The number of benzene rings is 2. The molecule has 0 fully saturated rings. The zero-order valence-electron chi connectivity index (χ0n) is 17.1. The summed E-state index contributed by atoms with van der Waals surface area (Å²) in [5.74, 6) is -1.85. The van der Waals surface area contributed by atoms with E-state index in [9.17, 15) is 18.4 Å². The summed E-state index contributed by atoms with van der Waals surface area (Å²) in [6.07, 6.45) is 1.60. The van der Waals surface area contributed by atoms with Gasteiger partial charge in [0.1, 0.15) is 0 Å². The number of fused-ring (bicyclic) bond motifs is 3. The third-order valence-electron chi connectivity index (χ3n) is 4.94. The van der Waals surface area contributed by atoms with E-state index < -0.39 is 17.7 Å². The highest BCUT2D eigenvalue weighted by Gasteiger charge is 2.18. The summed E-state index contributed by atoms with van der Waals surface area (Å²) in [6, 6.07) is 10.1. The van der Waals surface area contributed by atoms with E-state index in [4.69, 9.17) is 0 Å². The summed E-state index contributed by atoms with van der Waals surface area (Å²) in [4.78, 5) is 25.3. The number of nitrogens with zero attached hydrogens (tertiary/aromatic N) is 4. The molecule has 0 spiro atoms. The highest BCUT2D eigenvalue weighted by molar-refractivity contribution is 7.99. The second kappa shape index (κ2) is 8.91. The van der Waals surface area contributed by atoms with Crippen molar-refractivity contribution in [2.24, 2.45) is 0 Å². The van der Waals surface area contributed by atoms with Crippen LogP contribution in [0.5, 0.6) is 0 Å². The molecule has 0 saturated heterocycles. The number of halogens is 2. The lowest BCUT2D eigenvalue weighted by atomic mass is 10.1. The van der Waals surface area contributed by atoms with Gasteiger partial charge in [-0.1, -0.05) is 36.0 Å². The molecule has 0 saturated carbocycles. The SMILES string of the molecule is C=CCn1c(=O)c2ccccc2n2c(SCC(=O)NC(C)c3ccc(F)c(F)c3)nnc12. The molecule has 0 bridgehead atoms. The summed E-state index contributed by atoms with van der Waals surface area (Å²) >= 11 is 1.16. The molecule has 1 unspecified atom stereocenters. The molecule has 0 radical (unpaired) electrons. The van der Waals surface area contributed by atoms with Crippen LogP contribution in [-0.2, 0) is 11.3 Å². The number of rotatable bonds is 7. The van der Waals surface area contributed by atoms with Gasteiger partial charge in [0.2, 0.25) is 11.7 Å². The Labute approximate surface area is 185 Å². The van der Waals surface area contributed by atoms with E-state index in [1.54, 1.807) is 35.6 Å². The lowest BCUT2D eigenvalue weighted by Crippen LogP contribution is -2.28. The lowest BCUT2D eigenvalue weighted by Gasteiger charge is -2.14. The van der Waals surface area contributed by atoms with Crippen molar-refractivity contribution in [3.63, 3.8) is 0 Å². The maximum Gasteiger partial charge on any atom is 0.263 e. The van der Waals surface area contributed by atoms with E-state index in [2.05, 4.69) is 22.1 Å². The smallest absolute Gasteiger partial charge is 0.263 e. The van der Waals surface area contributed by atoms with Gasteiger partial charge in [-0.15, -0.1) is 16.8 Å². The monoisotopic (exact) mass is 455 g/mol. The fraction of sp³-hybridized carbons (Fsp3) is 0.182. The Morgan fingerprint density at radius 3 is 2.75 bits per heavy atom. The lowest BCUT2D eigenvalue weighted by molar-refractivity contribution is -0.119. The van der Waals surface area contributed by atoms with Gasteiger partial charge in [-0.25, -0.2) is 8.78 Å². The molecule has 1 amide bonds. The van der Waals surface area contributed by atoms with E-state index in [1.807, 2.05) is 6.07 Å². The molecular weight excluding hydrogens is 436 g/mol. The zero-order valence-corrected chi connectivity index (χ0v) is 17.9. The zero-order chi connectivity index (χ0) is 22.8. The Hall–Kier alpha value is -3.53. The Kier molecular flexibility index (Phi) is 6.04. The quantitative estimate of drug-likeness (QED) is 0.341. The first-order valence-electron chi connectivity index (χ1n) is 9.75. The van der Waals surface area contributed by atoms with Crippen LogP contribution in [0.25, 0.3) is 16.7 Å². The molecule has 1 atom stereocenters. The predicted octanol–water partition coefficient (Wildman–Crippen LogP) is 3.48. The Bertz CT molecular complexity index is 1400. The number of aromatic nitrogens is 4. The second-order valence-electron chi connectivity index (χ2n) is 7.09. The van der Waals surface area contributed by atoms with Gasteiger partial charge >= 0.3 is 0 Å². The van der Waals surface area contributed by atoms with Gasteiger partial charge in [-0.2, -0.15) is 0 Å². The van der Waals surface area contributed by atoms with Crippen LogP contribution in [0, 0.1) is 11.6 Å². The van der Waals surface area contributed by atoms with E-state index in [1.165, 1.54) is 10.6 Å². The van der Waals surface area contributed by atoms with E-state index in [0.29, 0.717) is 27.4 Å². The van der Waals surface area contributed by atoms with Crippen molar-refractivity contribution in [3.05, 3.63) is 82.7 Å². The number of hydrogen-bond donors (Lipinski definition) is 1. The Balaban J connectivity index is 1.58. The number of allylic oxidation sites excluding steroid dienone is 1. The minimum atomic E-state index is -0.967. The summed E-state index contributed by atoms with van der Waals surface area (Å²) in [6.45, 7) is 5.64. The molecule has 2 heterocycles. The van der Waals surface area contributed by atoms with Crippen LogP contribution in [0.2, 0.25) is 0 Å². The first kappa shape index (κ1) is 21.7. The summed E-state index contributed by atoms with van der Waals surface area (Å²) in [5.41, 5.74) is 0.889. The van der Waals surface area contributed by atoms with Gasteiger partial charge in [0.15, 0.2) is 16.8 Å². The number of thioether (sulfide) groups is 1. The van der Waals surface area contributed by atoms with Gasteiger partial charge in [0.05, 0.1) is 22.7 Å². The molecule has 32 heavy (non-hydrogen) atoms. The van der Waals surface area contributed by atoms with Crippen LogP contribution < -0.4 is 10.9 Å². The van der Waals surface area contributed by atoms with Gasteiger partial charge in [-0.05, 0) is 36.8 Å². The van der Waals surface area contributed by atoms with E-state index in [-0.39, 0.29) is 23.8 Å². The highest BCUT2D eigenvalue weighted by atomic mass is 32.2. The third kappa shape index (κ3) is 4.01. The number of carbonyl (C=O) groups is 1. The number of carbonyl (C=O) groups excluding carboxylic acids is 1. The molecule has 1 N–H and O–H groups in total. The highest BCUT2D eigenvalue weighted by Crippen LogP contribution is 2.22. The molecule has 2 aromatic carbocycles. The average Bonchev–Trinajstić information content (AvgIpc) is 3.21. The topological polar surface area (TPSA) is 81.3 Å².